The molecule has 1 aliphatic carbocycles. The number of carboxylic acids is 1. The van der Waals surface area contributed by atoms with Crippen LogP contribution in [0.4, 0.5) is 16.0 Å². The van der Waals surface area contributed by atoms with Crippen molar-refractivity contribution in [3.8, 4) is 11.5 Å². The van der Waals surface area contributed by atoms with Gasteiger partial charge in [-0.15, -0.1) is 0 Å². The zero-order valence-corrected chi connectivity index (χ0v) is 20.5. The number of hydrogen-bond donors (Lipinski definition) is 2. The van der Waals surface area contributed by atoms with Gasteiger partial charge in [-0.25, -0.2) is 24.1 Å². The van der Waals surface area contributed by atoms with Crippen molar-refractivity contribution in [1.82, 2.24) is 9.97 Å². The molecule has 0 saturated heterocycles. The van der Waals surface area contributed by atoms with Crippen molar-refractivity contribution in [2.45, 2.75) is 6.42 Å². The fraction of sp³-hybridized carbons (Fsp3) is 0.111. The molecule has 11 heteroatoms. The molecule has 188 valence electrons. The molecule has 0 bridgehead atoms. The van der Waals surface area contributed by atoms with Crippen LogP contribution >= 0.6 is 11.6 Å². The summed E-state index contributed by atoms with van der Waals surface area (Å²) in [5, 5.41) is 12.6. The van der Waals surface area contributed by atoms with E-state index in [9.17, 15) is 9.90 Å². The predicted octanol–water partition coefficient (Wildman–Crippen LogP) is 4.98. The van der Waals surface area contributed by atoms with Gasteiger partial charge in [0.15, 0.2) is 0 Å². The Morgan fingerprint density at radius 3 is 2.63 bits per heavy atom. The van der Waals surface area contributed by atoms with Gasteiger partial charge in [-0.1, -0.05) is 23.7 Å². The van der Waals surface area contributed by atoms with Gasteiger partial charge in [0.05, 0.1) is 25.5 Å². The summed E-state index contributed by atoms with van der Waals surface area (Å²) in [5.41, 5.74) is 4.22. The van der Waals surface area contributed by atoms with E-state index in [4.69, 9.17) is 26.1 Å². The molecule has 1 aromatic heterocycles. The molecule has 0 atom stereocenters. The Morgan fingerprint density at radius 2 is 1.89 bits per heavy atom. The van der Waals surface area contributed by atoms with Gasteiger partial charge in [0.25, 0.3) is 0 Å². The first-order valence-corrected chi connectivity index (χ1v) is 11.5. The van der Waals surface area contributed by atoms with Crippen LogP contribution in [-0.2, 0) is 6.42 Å². The van der Waals surface area contributed by atoms with Crippen LogP contribution in [-0.4, -0.2) is 70.0 Å². The van der Waals surface area contributed by atoms with Crippen LogP contribution in [0.5, 0.6) is 11.5 Å². The number of ether oxygens (including phenoxy) is 2. The van der Waals surface area contributed by atoms with E-state index < -0.39 is 11.8 Å². The van der Waals surface area contributed by atoms with Gasteiger partial charge in [0.2, 0.25) is 5.95 Å². The Bertz CT molecular complexity index is 1570. The number of carboxylic acid groups (broad SMARTS) is 1. The molecule has 0 unspecified atom stereocenters. The molecule has 1 aliphatic heterocycles. The van der Waals surface area contributed by atoms with Crippen LogP contribution in [0.15, 0.2) is 71.5 Å². The van der Waals surface area contributed by atoms with E-state index in [-0.39, 0.29) is 57.6 Å². The Labute approximate surface area is 244 Å². The van der Waals surface area contributed by atoms with E-state index in [2.05, 4.69) is 15.3 Å². The number of allylic oxidation sites excluding steroid dienone is 5. The molecular weight excluding hydrogens is 522 g/mol. The molecule has 0 spiro atoms. The number of nitrogens with zero attached hydrogens (tertiary/aromatic N) is 3. The number of aliphatic imine (C=N–C) groups is 1. The molecule has 0 amide bonds. The monoisotopic (exact) mass is 542 g/mol. The van der Waals surface area contributed by atoms with Crippen LogP contribution in [0, 0.1) is 5.82 Å². The molecule has 38 heavy (non-hydrogen) atoms. The Kier molecular flexibility index (Phi) is 8.32. The number of benzene rings is 2. The SMILES string of the molecule is COc1cc(Nc2ncc3c(n2)C2=CN=C(Cl)C=C(c4c(F)cccc4OC)C2=CC3)ccc1C(=O)O.[NaH]. The number of hydrogen-bond acceptors (Lipinski definition) is 7. The van der Waals surface area contributed by atoms with Gasteiger partial charge in [0.1, 0.15) is 28.1 Å². The van der Waals surface area contributed by atoms with Crippen molar-refractivity contribution >= 4 is 75.1 Å². The molecule has 0 radical (unpaired) electrons. The van der Waals surface area contributed by atoms with Gasteiger partial charge in [-0.05, 0) is 47.9 Å². The summed E-state index contributed by atoms with van der Waals surface area (Å²) < 4.78 is 25.7. The number of nitrogens with one attached hydrogen (secondary N) is 1. The number of aromatic carboxylic acids is 1. The molecule has 2 N–H and O–H groups in total. The van der Waals surface area contributed by atoms with Crippen LogP contribution in [0.25, 0.3) is 11.1 Å². The molecule has 2 aliphatic rings. The van der Waals surface area contributed by atoms with Crippen LogP contribution in [0.2, 0.25) is 0 Å². The van der Waals surface area contributed by atoms with Gasteiger partial charge in [0, 0.05) is 35.3 Å². The summed E-state index contributed by atoms with van der Waals surface area (Å²) in [6.07, 6.45) is 7.38. The van der Waals surface area contributed by atoms with E-state index in [0.29, 0.717) is 40.3 Å². The fourth-order valence-electron chi connectivity index (χ4n) is 4.26. The second kappa shape index (κ2) is 11.5. The van der Waals surface area contributed by atoms with Crippen molar-refractivity contribution in [2.24, 2.45) is 4.99 Å². The van der Waals surface area contributed by atoms with Crippen molar-refractivity contribution < 1.29 is 23.8 Å². The van der Waals surface area contributed by atoms with Crippen LogP contribution in [0.3, 0.4) is 0 Å². The van der Waals surface area contributed by atoms with Crippen molar-refractivity contribution in [1.29, 1.82) is 0 Å². The van der Waals surface area contributed by atoms with Crippen molar-refractivity contribution in [3.63, 3.8) is 0 Å². The average Bonchev–Trinajstić information content (AvgIpc) is 3.06. The molecule has 0 fully saturated rings. The average molecular weight is 543 g/mol. The normalized spacial score (nSPS) is 13.8. The second-order valence-corrected chi connectivity index (χ2v) is 8.49. The van der Waals surface area contributed by atoms with Gasteiger partial charge in [-0.3, -0.25) is 0 Å². The summed E-state index contributed by atoms with van der Waals surface area (Å²) in [7, 11) is 2.88. The van der Waals surface area contributed by atoms with E-state index in [1.54, 1.807) is 42.7 Å². The third-order valence-corrected chi connectivity index (χ3v) is 6.17. The zero-order valence-electron chi connectivity index (χ0n) is 19.8. The standard InChI is InChI=1S/C27H20ClFN4O4.Na.H/c1-36-21-5-3-4-20(29)24(21)18-11-23(28)30-13-19-16(18)8-6-14-12-31-27(33-25(14)19)32-15-7-9-17(26(34)35)22(10-15)37-2;;/h3-5,7-13H,6H2,1-2H3,(H,34,35)(H,31,32,33);;. The third kappa shape index (κ3) is 5.23. The summed E-state index contributed by atoms with van der Waals surface area (Å²) in [6.45, 7) is 0. The Morgan fingerprint density at radius 1 is 1.11 bits per heavy atom. The topological polar surface area (TPSA) is 106 Å². The summed E-state index contributed by atoms with van der Waals surface area (Å²) in [6, 6.07) is 9.22. The van der Waals surface area contributed by atoms with Gasteiger partial charge >= 0.3 is 35.5 Å². The third-order valence-electron chi connectivity index (χ3n) is 5.96. The Hall–Kier alpha value is -3.50. The van der Waals surface area contributed by atoms with E-state index >= 15 is 4.39 Å². The number of methoxy groups -OCH3 is 2. The minimum atomic E-state index is -1.09. The number of fused-ring (bicyclic) bond motifs is 3. The molecule has 5 rings (SSSR count). The van der Waals surface area contributed by atoms with Crippen molar-refractivity contribution in [2.75, 3.05) is 19.5 Å². The number of anilines is 2. The molecule has 2 aromatic carbocycles. The van der Waals surface area contributed by atoms with E-state index in [1.807, 2.05) is 6.08 Å². The quantitative estimate of drug-likeness (QED) is 0.423. The molecule has 3 aromatic rings. The summed E-state index contributed by atoms with van der Waals surface area (Å²) in [4.78, 5) is 24.8. The first-order valence-electron chi connectivity index (χ1n) is 11.1. The summed E-state index contributed by atoms with van der Waals surface area (Å²) >= 11 is 6.35. The summed E-state index contributed by atoms with van der Waals surface area (Å²) in [5.74, 6) is -0.703. The number of rotatable bonds is 6. The predicted molar refractivity (Wildman–Crippen MR) is 146 cm³/mol. The first-order chi connectivity index (χ1) is 17.9. The van der Waals surface area contributed by atoms with Crippen molar-refractivity contribution in [3.05, 3.63) is 94.7 Å². The number of aromatic nitrogens is 2. The molecular formula is C27H21ClFN4NaO4. The van der Waals surface area contributed by atoms with E-state index in [1.165, 1.54) is 26.4 Å². The molecule has 2 heterocycles. The van der Waals surface area contributed by atoms with Crippen LogP contribution in [0.1, 0.15) is 27.2 Å². The van der Waals surface area contributed by atoms with Crippen LogP contribution < -0.4 is 14.8 Å². The maximum absolute atomic E-state index is 15.0. The first kappa shape index (κ1) is 27.5. The minimum absolute atomic E-state index is 0. The maximum atomic E-state index is 15.0. The number of carbonyl (C=O) groups is 1. The molecule has 8 nitrogen and oxygen atoms in total. The zero-order chi connectivity index (χ0) is 26.1. The second-order valence-electron chi connectivity index (χ2n) is 8.10. The fourth-order valence-corrected chi connectivity index (χ4v) is 4.42. The number of halogens is 2. The molecule has 0 saturated carbocycles. The van der Waals surface area contributed by atoms with Gasteiger partial charge < -0.3 is 19.9 Å². The van der Waals surface area contributed by atoms with E-state index in [0.717, 1.165) is 5.56 Å². The Balaban J connectivity index is 0.00000336. The van der Waals surface area contributed by atoms with Gasteiger partial charge in [-0.2, -0.15) is 0 Å².